The van der Waals surface area contributed by atoms with Gasteiger partial charge in [-0.3, -0.25) is 14.4 Å². The zero-order valence-corrected chi connectivity index (χ0v) is 19.0. The fourth-order valence-corrected chi connectivity index (χ4v) is 3.64. The third kappa shape index (κ3) is 7.37. The van der Waals surface area contributed by atoms with Crippen LogP contribution in [0.4, 0.5) is 0 Å². The Bertz CT molecular complexity index is 1120. The molecule has 33 heavy (non-hydrogen) atoms. The molecule has 0 aliphatic rings. The normalized spacial score (nSPS) is 11.7. The van der Waals surface area contributed by atoms with Crippen molar-refractivity contribution in [2.75, 3.05) is 0 Å². The Morgan fingerprint density at radius 1 is 1.03 bits per heavy atom. The molecule has 1 heterocycles. The van der Waals surface area contributed by atoms with Crippen LogP contribution in [0.1, 0.15) is 29.8 Å². The van der Waals surface area contributed by atoms with Crippen LogP contribution < -0.4 is 5.32 Å². The lowest BCUT2D eigenvalue weighted by molar-refractivity contribution is -0.140. The zero-order valence-electron chi connectivity index (χ0n) is 17.4. The molecule has 0 radical (unpaired) electrons. The summed E-state index contributed by atoms with van der Waals surface area (Å²) in [5, 5.41) is 24.5. The number of Topliss-reactive ketones (excluding diaryl/α,β-unsaturated/α-hetero) is 1. The van der Waals surface area contributed by atoms with Crippen molar-refractivity contribution >= 4 is 40.9 Å². The lowest BCUT2D eigenvalue weighted by Crippen LogP contribution is -2.44. The first-order valence-electron chi connectivity index (χ1n) is 10.1. The number of halogens is 2. The van der Waals surface area contributed by atoms with E-state index in [1.165, 1.54) is 0 Å². The predicted molar refractivity (Wildman–Crippen MR) is 121 cm³/mol. The molecule has 0 fully saturated rings. The number of amides is 1. The van der Waals surface area contributed by atoms with Gasteiger partial charge in [0, 0.05) is 22.9 Å². The highest BCUT2D eigenvalue weighted by molar-refractivity contribution is 6.36. The van der Waals surface area contributed by atoms with Crippen LogP contribution in [-0.2, 0) is 33.8 Å². The summed E-state index contributed by atoms with van der Waals surface area (Å²) >= 11 is 12.3. The van der Waals surface area contributed by atoms with Crippen molar-refractivity contribution in [3.8, 4) is 0 Å². The van der Waals surface area contributed by atoms with Gasteiger partial charge in [0.15, 0.2) is 11.6 Å². The number of carbonyl (C=O) groups excluding carboxylic acids is 2. The van der Waals surface area contributed by atoms with Gasteiger partial charge in [0.1, 0.15) is 6.54 Å². The molecule has 2 aromatic carbocycles. The second-order valence-corrected chi connectivity index (χ2v) is 8.10. The summed E-state index contributed by atoms with van der Waals surface area (Å²) in [5.74, 6) is -1.89. The second-order valence-electron chi connectivity index (χ2n) is 7.28. The van der Waals surface area contributed by atoms with Crippen molar-refractivity contribution in [1.82, 2.24) is 25.5 Å². The molecule has 0 aliphatic carbocycles. The summed E-state index contributed by atoms with van der Waals surface area (Å²) in [6, 6.07) is 13.3. The Balaban J connectivity index is 1.60. The summed E-state index contributed by atoms with van der Waals surface area (Å²) in [4.78, 5) is 37.3. The summed E-state index contributed by atoms with van der Waals surface area (Å²) in [7, 11) is 0. The molecule has 3 aromatic rings. The van der Waals surface area contributed by atoms with E-state index in [1.807, 2.05) is 30.3 Å². The molecule has 2 N–H and O–H groups in total. The van der Waals surface area contributed by atoms with Crippen molar-refractivity contribution in [3.63, 3.8) is 0 Å². The molecule has 1 aromatic heterocycles. The van der Waals surface area contributed by atoms with Crippen LogP contribution in [0.25, 0.3) is 0 Å². The van der Waals surface area contributed by atoms with E-state index in [0.29, 0.717) is 27.9 Å². The first-order chi connectivity index (χ1) is 15.8. The lowest BCUT2D eigenvalue weighted by atomic mass is 10.1. The largest absolute Gasteiger partial charge is 0.481 e. The van der Waals surface area contributed by atoms with E-state index in [0.717, 1.165) is 10.4 Å². The third-order valence-corrected chi connectivity index (χ3v) is 5.48. The maximum absolute atomic E-state index is 12.7. The molecular formula is C22H21Cl2N5O4. The smallest absolute Gasteiger partial charge is 0.305 e. The van der Waals surface area contributed by atoms with Crippen LogP contribution in [0.15, 0.2) is 48.5 Å². The van der Waals surface area contributed by atoms with Crippen LogP contribution in [0, 0.1) is 0 Å². The van der Waals surface area contributed by atoms with Gasteiger partial charge < -0.3 is 10.4 Å². The number of rotatable bonds is 11. The van der Waals surface area contributed by atoms with Crippen molar-refractivity contribution in [2.24, 2.45) is 0 Å². The number of aryl methyl sites for hydroxylation is 1. The van der Waals surface area contributed by atoms with Crippen molar-refractivity contribution in [3.05, 3.63) is 75.5 Å². The molecule has 3 rings (SSSR count). The van der Waals surface area contributed by atoms with E-state index in [9.17, 15) is 14.4 Å². The molecule has 11 heteroatoms. The minimum Gasteiger partial charge on any atom is -0.481 e. The van der Waals surface area contributed by atoms with Crippen molar-refractivity contribution < 1.29 is 19.5 Å². The van der Waals surface area contributed by atoms with E-state index in [4.69, 9.17) is 28.3 Å². The number of carbonyl (C=O) groups is 3. The van der Waals surface area contributed by atoms with Crippen LogP contribution in [-0.4, -0.2) is 49.0 Å². The number of nitrogens with zero attached hydrogens (tertiary/aromatic N) is 4. The SMILES string of the molecule is O=C(O)CC(NC(=O)CCc1ccccc1)C(=O)Cn1nnc(Cc2c(Cl)cccc2Cl)n1. The van der Waals surface area contributed by atoms with Crippen LogP contribution in [0.3, 0.4) is 0 Å². The summed E-state index contributed by atoms with van der Waals surface area (Å²) in [6.45, 7) is -0.347. The maximum atomic E-state index is 12.7. The van der Waals surface area contributed by atoms with Crippen molar-refractivity contribution in [1.29, 1.82) is 0 Å². The Hall–Kier alpha value is -3.30. The number of aromatic nitrogens is 4. The minimum absolute atomic E-state index is 0.123. The van der Waals surface area contributed by atoms with E-state index >= 15 is 0 Å². The number of ketones is 1. The van der Waals surface area contributed by atoms with Gasteiger partial charge in [-0.15, -0.1) is 10.2 Å². The lowest BCUT2D eigenvalue weighted by Gasteiger charge is -2.15. The predicted octanol–water partition coefficient (Wildman–Crippen LogP) is 2.73. The molecule has 9 nitrogen and oxygen atoms in total. The number of carboxylic acids is 1. The highest BCUT2D eigenvalue weighted by Gasteiger charge is 2.25. The molecule has 0 saturated carbocycles. The summed E-state index contributed by atoms with van der Waals surface area (Å²) in [6.07, 6.45) is 0.255. The standard InChI is InChI=1S/C22H21Cl2N5O4/c23-16-7-4-8-17(24)15(16)11-20-26-28-29(27-20)13-19(30)18(12-22(32)33)25-21(31)10-9-14-5-2-1-3-6-14/h1-8,18H,9-13H2,(H,25,31)(H,32,33). The summed E-state index contributed by atoms with van der Waals surface area (Å²) < 4.78 is 0. The Morgan fingerprint density at radius 3 is 2.39 bits per heavy atom. The average Bonchev–Trinajstić information content (AvgIpc) is 3.22. The fraction of sp³-hybridized carbons (Fsp3) is 0.273. The van der Waals surface area contributed by atoms with Gasteiger partial charge in [0.05, 0.1) is 12.5 Å². The number of nitrogens with one attached hydrogen (secondary N) is 1. The second kappa shape index (κ2) is 11.5. The van der Waals surface area contributed by atoms with Gasteiger partial charge in [-0.1, -0.05) is 59.6 Å². The molecule has 1 amide bonds. The number of benzene rings is 2. The quantitative estimate of drug-likeness (QED) is 0.423. The number of carboxylic acid groups (broad SMARTS) is 1. The first kappa shape index (κ1) is 24.3. The van der Waals surface area contributed by atoms with E-state index in [-0.39, 0.29) is 19.4 Å². The Kier molecular flexibility index (Phi) is 8.51. The van der Waals surface area contributed by atoms with Crippen LogP contribution in [0.5, 0.6) is 0 Å². The molecule has 1 unspecified atom stereocenters. The third-order valence-electron chi connectivity index (χ3n) is 4.77. The maximum Gasteiger partial charge on any atom is 0.305 e. The van der Waals surface area contributed by atoms with Crippen molar-refractivity contribution in [2.45, 2.75) is 38.3 Å². The molecule has 1 atom stereocenters. The van der Waals surface area contributed by atoms with Gasteiger partial charge in [-0.05, 0) is 34.9 Å². The molecule has 172 valence electrons. The number of tetrazole rings is 1. The van der Waals surface area contributed by atoms with Crippen LogP contribution in [0.2, 0.25) is 10.0 Å². The Morgan fingerprint density at radius 2 is 1.73 bits per heavy atom. The van der Waals surface area contributed by atoms with Gasteiger partial charge >= 0.3 is 5.97 Å². The van der Waals surface area contributed by atoms with Gasteiger partial charge in [-0.25, -0.2) is 0 Å². The highest BCUT2D eigenvalue weighted by Crippen LogP contribution is 2.25. The molecule has 0 aliphatic heterocycles. The minimum atomic E-state index is -1.21. The Labute approximate surface area is 199 Å². The van der Waals surface area contributed by atoms with E-state index < -0.39 is 30.1 Å². The van der Waals surface area contributed by atoms with Crippen LogP contribution >= 0.6 is 23.2 Å². The highest BCUT2D eigenvalue weighted by atomic mass is 35.5. The van der Waals surface area contributed by atoms with Gasteiger partial charge in [0.25, 0.3) is 0 Å². The topological polar surface area (TPSA) is 127 Å². The average molecular weight is 490 g/mol. The zero-order chi connectivity index (χ0) is 23.8. The number of hydrogen-bond acceptors (Lipinski definition) is 6. The number of aliphatic carboxylic acids is 1. The molecule has 0 saturated heterocycles. The number of hydrogen-bond donors (Lipinski definition) is 2. The van der Waals surface area contributed by atoms with E-state index in [2.05, 4.69) is 20.7 Å². The van der Waals surface area contributed by atoms with E-state index in [1.54, 1.807) is 18.2 Å². The molecule has 0 bridgehead atoms. The first-order valence-corrected chi connectivity index (χ1v) is 10.8. The van der Waals surface area contributed by atoms with Gasteiger partial charge in [-0.2, -0.15) is 4.80 Å². The molecule has 0 spiro atoms. The molecular weight excluding hydrogens is 469 g/mol. The van der Waals surface area contributed by atoms with Gasteiger partial charge in [0.2, 0.25) is 5.91 Å². The summed E-state index contributed by atoms with van der Waals surface area (Å²) in [5.41, 5.74) is 1.59. The fourth-order valence-electron chi connectivity index (χ4n) is 3.11. The monoisotopic (exact) mass is 489 g/mol.